The fourth-order valence-electron chi connectivity index (χ4n) is 6.24. The third-order valence-electron chi connectivity index (χ3n) is 8.50. The predicted octanol–water partition coefficient (Wildman–Crippen LogP) is 3.13. The van der Waals surface area contributed by atoms with Crippen molar-refractivity contribution < 1.29 is 0 Å². The Morgan fingerprint density at radius 3 is 1.88 bits per heavy atom. The van der Waals surface area contributed by atoms with Crippen molar-refractivity contribution in [2.24, 2.45) is 17.8 Å². The summed E-state index contributed by atoms with van der Waals surface area (Å²) in [4.78, 5) is 34.6. The van der Waals surface area contributed by atoms with Gasteiger partial charge in [0.2, 0.25) is 17.8 Å². The molecular weight excluding hydrogens is 426 g/mol. The van der Waals surface area contributed by atoms with E-state index in [1.54, 1.807) is 6.07 Å². The zero-order valence-electron chi connectivity index (χ0n) is 20.6. The van der Waals surface area contributed by atoms with Crippen molar-refractivity contribution in [2.45, 2.75) is 58.4 Å². The highest BCUT2D eigenvalue weighted by atomic mass is 16.1. The molecule has 4 aliphatic rings. The molecule has 3 fully saturated rings. The van der Waals surface area contributed by atoms with E-state index in [2.05, 4.69) is 34.6 Å². The Labute approximate surface area is 202 Å². The van der Waals surface area contributed by atoms with Crippen molar-refractivity contribution in [1.82, 2.24) is 19.5 Å². The summed E-state index contributed by atoms with van der Waals surface area (Å²) in [5, 5.41) is 0. The number of pyridine rings is 1. The van der Waals surface area contributed by atoms with Crippen LogP contribution in [0.3, 0.4) is 0 Å². The van der Waals surface area contributed by atoms with Gasteiger partial charge in [-0.1, -0.05) is 19.9 Å². The van der Waals surface area contributed by atoms with Gasteiger partial charge in [0, 0.05) is 63.5 Å². The quantitative estimate of drug-likeness (QED) is 0.693. The maximum Gasteiger partial charge on any atom is 0.250 e. The molecule has 2 aromatic rings. The fraction of sp³-hybridized carbons (Fsp3) is 0.692. The van der Waals surface area contributed by atoms with Crippen LogP contribution in [0.25, 0.3) is 0 Å². The molecule has 0 radical (unpaired) electrons. The molecule has 2 bridgehead atoms. The standard InChI is InChI=1S/C26H37N7O/c1-18-6-10-30(11-7-18)24-27-25(31-12-8-19(2)9-13-31)29-26(28-24)32-15-20-14-21(17-32)22-4-3-5-23(34)33(22)16-20/h3-5,18-21H,6-17H2,1-2H3/t20-,21+/m1/s1. The maximum atomic E-state index is 12.4. The van der Waals surface area contributed by atoms with E-state index in [4.69, 9.17) is 15.0 Å². The van der Waals surface area contributed by atoms with Crippen LogP contribution in [0.1, 0.15) is 57.6 Å². The van der Waals surface area contributed by atoms with E-state index in [1.807, 2.05) is 10.6 Å². The number of rotatable bonds is 3. The topological polar surface area (TPSA) is 70.4 Å². The smallest absolute Gasteiger partial charge is 0.250 e. The van der Waals surface area contributed by atoms with Gasteiger partial charge in [-0.05, 0) is 55.9 Å². The van der Waals surface area contributed by atoms with Crippen molar-refractivity contribution in [3.8, 4) is 0 Å². The highest BCUT2D eigenvalue weighted by Gasteiger charge is 2.36. The summed E-state index contributed by atoms with van der Waals surface area (Å²) < 4.78 is 1.99. The maximum absolute atomic E-state index is 12.4. The number of nitrogens with zero attached hydrogens (tertiary/aromatic N) is 7. The highest BCUT2D eigenvalue weighted by Crippen LogP contribution is 2.37. The molecule has 6 heterocycles. The van der Waals surface area contributed by atoms with E-state index < -0.39 is 0 Å². The van der Waals surface area contributed by atoms with Crippen LogP contribution in [-0.2, 0) is 6.54 Å². The van der Waals surface area contributed by atoms with Crippen LogP contribution in [0.2, 0.25) is 0 Å². The summed E-state index contributed by atoms with van der Waals surface area (Å²) in [6.45, 7) is 11.3. The van der Waals surface area contributed by atoms with Gasteiger partial charge in [-0.25, -0.2) is 0 Å². The van der Waals surface area contributed by atoms with Crippen LogP contribution in [0.5, 0.6) is 0 Å². The van der Waals surface area contributed by atoms with E-state index in [0.717, 1.165) is 87.6 Å². The first kappa shape index (κ1) is 21.9. The molecule has 8 nitrogen and oxygen atoms in total. The molecule has 6 rings (SSSR count). The van der Waals surface area contributed by atoms with Gasteiger partial charge >= 0.3 is 0 Å². The summed E-state index contributed by atoms with van der Waals surface area (Å²) in [6.07, 6.45) is 5.90. The molecule has 0 spiro atoms. The lowest BCUT2D eigenvalue weighted by molar-refractivity contribution is 0.279. The molecule has 0 unspecified atom stereocenters. The van der Waals surface area contributed by atoms with Gasteiger partial charge in [0.1, 0.15) is 0 Å². The molecular formula is C26H37N7O. The molecule has 182 valence electrons. The van der Waals surface area contributed by atoms with Crippen LogP contribution in [0.4, 0.5) is 17.8 Å². The Bertz CT molecular complexity index is 1040. The molecule has 2 atom stereocenters. The first-order valence-corrected chi connectivity index (χ1v) is 13.2. The van der Waals surface area contributed by atoms with Crippen LogP contribution < -0.4 is 20.3 Å². The largest absolute Gasteiger partial charge is 0.341 e. The second kappa shape index (κ2) is 8.86. The number of hydrogen-bond acceptors (Lipinski definition) is 7. The number of anilines is 3. The predicted molar refractivity (Wildman–Crippen MR) is 135 cm³/mol. The van der Waals surface area contributed by atoms with Crippen molar-refractivity contribution in [2.75, 3.05) is 54.0 Å². The molecule has 0 saturated carbocycles. The van der Waals surface area contributed by atoms with E-state index in [-0.39, 0.29) is 5.56 Å². The molecule has 0 aromatic carbocycles. The first-order valence-electron chi connectivity index (χ1n) is 13.2. The highest BCUT2D eigenvalue weighted by molar-refractivity contribution is 5.48. The zero-order valence-corrected chi connectivity index (χ0v) is 20.6. The molecule has 2 aromatic heterocycles. The number of hydrogen-bond donors (Lipinski definition) is 0. The van der Waals surface area contributed by atoms with E-state index in [0.29, 0.717) is 11.8 Å². The monoisotopic (exact) mass is 463 g/mol. The lowest BCUT2D eigenvalue weighted by Gasteiger charge is -2.43. The van der Waals surface area contributed by atoms with Gasteiger partial charge in [-0.15, -0.1) is 0 Å². The van der Waals surface area contributed by atoms with Gasteiger partial charge < -0.3 is 19.3 Å². The molecule has 34 heavy (non-hydrogen) atoms. The lowest BCUT2D eigenvalue weighted by Crippen LogP contribution is -2.48. The molecule has 0 aliphatic carbocycles. The lowest BCUT2D eigenvalue weighted by atomic mass is 9.83. The average Bonchev–Trinajstić information content (AvgIpc) is 2.85. The van der Waals surface area contributed by atoms with Gasteiger partial charge in [-0.3, -0.25) is 4.79 Å². The molecule has 4 aliphatic heterocycles. The first-order chi connectivity index (χ1) is 16.5. The summed E-state index contributed by atoms with van der Waals surface area (Å²) in [6, 6.07) is 5.72. The minimum absolute atomic E-state index is 0.129. The Kier molecular flexibility index (Phi) is 5.70. The van der Waals surface area contributed by atoms with E-state index in [9.17, 15) is 4.79 Å². The number of fused-ring (bicyclic) bond motifs is 4. The Balaban J connectivity index is 1.32. The Hall–Kier alpha value is -2.64. The summed E-state index contributed by atoms with van der Waals surface area (Å²) in [7, 11) is 0. The van der Waals surface area contributed by atoms with Crippen LogP contribution in [0, 0.1) is 17.8 Å². The molecule has 0 amide bonds. The Morgan fingerprint density at radius 2 is 1.29 bits per heavy atom. The third-order valence-corrected chi connectivity index (χ3v) is 8.50. The normalized spacial score (nSPS) is 26.0. The fourth-order valence-corrected chi connectivity index (χ4v) is 6.24. The van der Waals surface area contributed by atoms with Crippen LogP contribution in [0.15, 0.2) is 23.0 Å². The Morgan fingerprint density at radius 1 is 0.735 bits per heavy atom. The van der Waals surface area contributed by atoms with Gasteiger partial charge in [0.05, 0.1) is 0 Å². The third kappa shape index (κ3) is 4.16. The minimum atomic E-state index is 0.129. The number of piperidine rings is 3. The summed E-state index contributed by atoms with van der Waals surface area (Å²) >= 11 is 0. The molecule has 3 saturated heterocycles. The van der Waals surface area contributed by atoms with Gasteiger partial charge in [-0.2, -0.15) is 15.0 Å². The second-order valence-electron chi connectivity index (χ2n) is 11.2. The minimum Gasteiger partial charge on any atom is -0.341 e. The van der Waals surface area contributed by atoms with Crippen molar-refractivity contribution in [1.29, 1.82) is 0 Å². The molecule has 0 N–H and O–H groups in total. The summed E-state index contributed by atoms with van der Waals surface area (Å²) in [5.74, 6) is 4.84. The van der Waals surface area contributed by atoms with Crippen molar-refractivity contribution in [3.63, 3.8) is 0 Å². The second-order valence-corrected chi connectivity index (χ2v) is 11.2. The van der Waals surface area contributed by atoms with E-state index >= 15 is 0 Å². The van der Waals surface area contributed by atoms with Crippen LogP contribution in [-0.4, -0.2) is 58.8 Å². The molecule has 8 heteroatoms. The van der Waals surface area contributed by atoms with Gasteiger partial charge in [0.15, 0.2) is 0 Å². The van der Waals surface area contributed by atoms with Crippen molar-refractivity contribution >= 4 is 17.8 Å². The van der Waals surface area contributed by atoms with Crippen LogP contribution >= 0.6 is 0 Å². The van der Waals surface area contributed by atoms with E-state index in [1.165, 1.54) is 25.7 Å². The average molecular weight is 464 g/mol. The zero-order chi connectivity index (χ0) is 23.2. The number of aromatic nitrogens is 4. The van der Waals surface area contributed by atoms with Gasteiger partial charge in [0.25, 0.3) is 5.56 Å². The van der Waals surface area contributed by atoms with Crippen molar-refractivity contribution in [3.05, 3.63) is 34.2 Å². The summed E-state index contributed by atoms with van der Waals surface area (Å²) in [5.41, 5.74) is 1.29. The SMILES string of the molecule is CC1CCN(c2nc(N3CCC(C)CC3)nc(N3C[C@H]4C[C@@H](C3)c3cccc(=O)n3C4)n2)CC1.